The zero-order chi connectivity index (χ0) is 31.6. The molecule has 3 fully saturated rings. The van der Waals surface area contributed by atoms with Crippen LogP contribution in [-0.4, -0.2) is 67.7 Å². The van der Waals surface area contributed by atoms with Gasteiger partial charge in [-0.3, -0.25) is 9.69 Å². The Bertz CT molecular complexity index is 1330. The highest BCUT2D eigenvalue weighted by Crippen LogP contribution is 2.44. The van der Waals surface area contributed by atoms with E-state index in [1.807, 2.05) is 24.3 Å². The molecule has 2 heterocycles. The van der Waals surface area contributed by atoms with Crippen molar-refractivity contribution >= 4 is 5.97 Å². The van der Waals surface area contributed by atoms with Gasteiger partial charge in [-0.25, -0.2) is 0 Å². The molecule has 6 heteroatoms. The molecule has 3 aliphatic rings. The number of piperidine rings is 1. The second-order valence-corrected chi connectivity index (χ2v) is 13.9. The molecule has 2 unspecified atom stereocenters. The summed E-state index contributed by atoms with van der Waals surface area (Å²) in [6.07, 6.45) is 8.65. The number of hydrogen-bond acceptors (Lipinski definition) is 6. The van der Waals surface area contributed by atoms with Crippen molar-refractivity contribution < 1.29 is 19.0 Å². The van der Waals surface area contributed by atoms with Crippen LogP contribution in [0.4, 0.5) is 0 Å². The third kappa shape index (κ3) is 8.58. The van der Waals surface area contributed by atoms with Gasteiger partial charge in [0.25, 0.3) is 0 Å². The first-order chi connectivity index (χ1) is 22.6. The fourth-order valence-corrected chi connectivity index (χ4v) is 8.13. The van der Waals surface area contributed by atoms with E-state index in [0.717, 1.165) is 63.5 Å². The maximum absolute atomic E-state index is 13.4. The summed E-state index contributed by atoms with van der Waals surface area (Å²) < 4.78 is 17.3. The van der Waals surface area contributed by atoms with Crippen LogP contribution in [0.3, 0.4) is 0 Å². The molecular weight excluding hydrogens is 572 g/mol. The van der Waals surface area contributed by atoms with E-state index in [4.69, 9.17) is 14.2 Å². The molecule has 1 aliphatic carbocycles. The lowest BCUT2D eigenvalue weighted by atomic mass is 9.78. The van der Waals surface area contributed by atoms with Crippen molar-refractivity contribution in [3.63, 3.8) is 0 Å². The molecule has 2 saturated heterocycles. The average Bonchev–Trinajstić information content (AvgIpc) is 3.54. The number of methoxy groups -OCH3 is 1. The smallest absolute Gasteiger partial charge is 0.308 e. The van der Waals surface area contributed by atoms with E-state index in [-0.39, 0.29) is 11.5 Å². The number of esters is 1. The van der Waals surface area contributed by atoms with Crippen LogP contribution in [0.1, 0.15) is 74.0 Å². The van der Waals surface area contributed by atoms with Gasteiger partial charge in [-0.2, -0.15) is 0 Å². The monoisotopic (exact) mass is 624 g/mol. The SMILES string of the molecule is COc1ccc(COC(=O)CC2(N3CC(CN4CCC(COCc5ccccc5)CC4)C(c4ccccc4)C3)CCCCC2)cc1. The number of ether oxygens (including phenoxy) is 3. The van der Waals surface area contributed by atoms with Gasteiger partial charge in [0.15, 0.2) is 0 Å². The zero-order valence-electron chi connectivity index (χ0n) is 27.7. The lowest BCUT2D eigenvalue weighted by Crippen LogP contribution is -2.51. The largest absolute Gasteiger partial charge is 0.497 e. The van der Waals surface area contributed by atoms with E-state index >= 15 is 0 Å². The minimum atomic E-state index is -0.111. The fraction of sp³-hybridized carbons (Fsp3) is 0.525. The van der Waals surface area contributed by atoms with Crippen LogP contribution in [0.15, 0.2) is 84.9 Å². The summed E-state index contributed by atoms with van der Waals surface area (Å²) in [5.41, 5.74) is 3.56. The predicted molar refractivity (Wildman–Crippen MR) is 183 cm³/mol. The molecule has 0 N–H and O–H groups in total. The van der Waals surface area contributed by atoms with Crippen molar-refractivity contribution in [1.29, 1.82) is 0 Å². The average molecular weight is 625 g/mol. The van der Waals surface area contributed by atoms with E-state index in [1.54, 1.807) is 7.11 Å². The van der Waals surface area contributed by atoms with Gasteiger partial charge in [0.05, 0.1) is 20.1 Å². The van der Waals surface area contributed by atoms with Crippen LogP contribution >= 0.6 is 0 Å². The molecule has 3 aromatic carbocycles. The number of carbonyl (C=O) groups excluding carboxylic acids is 1. The minimum Gasteiger partial charge on any atom is -0.497 e. The Hall–Kier alpha value is -3.19. The molecule has 0 bridgehead atoms. The number of carbonyl (C=O) groups is 1. The highest BCUT2D eigenvalue weighted by molar-refractivity contribution is 5.71. The summed E-state index contributed by atoms with van der Waals surface area (Å²) in [5.74, 6) is 2.39. The molecule has 3 aromatic rings. The normalized spacial score (nSPS) is 22.5. The standard InChI is InChI=1S/C40H52N2O4/c1-44-37-17-15-33(16-18-37)31-46-39(43)25-40(21-9-4-10-22-40)42-27-36(38(28-42)35-13-7-3-8-14-35)26-41-23-19-34(20-24-41)30-45-29-32-11-5-2-6-12-32/h2-3,5-8,11-18,34,36,38H,4,9-10,19-31H2,1H3. The van der Waals surface area contributed by atoms with Gasteiger partial charge in [0.2, 0.25) is 0 Å². The Morgan fingerprint density at radius 3 is 2.17 bits per heavy atom. The Morgan fingerprint density at radius 1 is 0.804 bits per heavy atom. The summed E-state index contributed by atoms with van der Waals surface area (Å²) in [6.45, 7) is 7.32. The van der Waals surface area contributed by atoms with Gasteiger partial charge in [-0.05, 0) is 79.4 Å². The molecule has 6 nitrogen and oxygen atoms in total. The highest BCUT2D eigenvalue weighted by atomic mass is 16.5. The van der Waals surface area contributed by atoms with Gasteiger partial charge in [-0.15, -0.1) is 0 Å². The molecule has 2 aliphatic heterocycles. The van der Waals surface area contributed by atoms with Crippen LogP contribution in [0, 0.1) is 11.8 Å². The predicted octanol–water partition coefficient (Wildman–Crippen LogP) is 7.48. The Morgan fingerprint density at radius 2 is 1.48 bits per heavy atom. The summed E-state index contributed by atoms with van der Waals surface area (Å²) >= 11 is 0. The van der Waals surface area contributed by atoms with Gasteiger partial charge < -0.3 is 19.1 Å². The van der Waals surface area contributed by atoms with Gasteiger partial charge >= 0.3 is 5.97 Å². The first kappa shape index (κ1) is 32.7. The number of nitrogens with zero attached hydrogens (tertiary/aromatic N) is 2. The number of benzene rings is 3. The minimum absolute atomic E-state index is 0.0750. The molecule has 246 valence electrons. The molecular formula is C40H52N2O4. The number of hydrogen-bond donors (Lipinski definition) is 0. The summed E-state index contributed by atoms with van der Waals surface area (Å²) in [4.78, 5) is 18.8. The fourth-order valence-electron chi connectivity index (χ4n) is 8.13. The Balaban J connectivity index is 1.07. The molecule has 6 rings (SSSR count). The molecule has 0 radical (unpaired) electrons. The second-order valence-electron chi connectivity index (χ2n) is 13.9. The third-order valence-corrected chi connectivity index (χ3v) is 10.8. The molecule has 0 aromatic heterocycles. The van der Waals surface area contributed by atoms with Crippen molar-refractivity contribution in [2.24, 2.45) is 11.8 Å². The lowest BCUT2D eigenvalue weighted by molar-refractivity contribution is -0.149. The molecule has 0 spiro atoms. The van der Waals surface area contributed by atoms with Crippen LogP contribution in [0.2, 0.25) is 0 Å². The Kier molecular flexibility index (Phi) is 11.4. The van der Waals surface area contributed by atoms with Crippen molar-refractivity contribution in [3.8, 4) is 5.75 Å². The van der Waals surface area contributed by atoms with Crippen LogP contribution < -0.4 is 4.74 Å². The van der Waals surface area contributed by atoms with E-state index in [0.29, 0.717) is 37.4 Å². The lowest BCUT2D eigenvalue weighted by Gasteiger charge is -2.44. The van der Waals surface area contributed by atoms with Crippen molar-refractivity contribution in [3.05, 3.63) is 102 Å². The quantitative estimate of drug-likeness (QED) is 0.184. The summed E-state index contributed by atoms with van der Waals surface area (Å²) in [7, 11) is 1.66. The van der Waals surface area contributed by atoms with E-state index in [1.165, 1.54) is 43.2 Å². The van der Waals surface area contributed by atoms with Crippen molar-refractivity contribution in [1.82, 2.24) is 9.80 Å². The Labute approximate surface area is 276 Å². The highest BCUT2D eigenvalue weighted by Gasteiger charge is 2.47. The first-order valence-corrected chi connectivity index (χ1v) is 17.5. The zero-order valence-corrected chi connectivity index (χ0v) is 27.7. The van der Waals surface area contributed by atoms with Gasteiger partial charge in [0, 0.05) is 37.7 Å². The second kappa shape index (κ2) is 16.1. The maximum Gasteiger partial charge on any atom is 0.308 e. The maximum atomic E-state index is 13.4. The summed E-state index contributed by atoms with van der Waals surface area (Å²) in [5, 5.41) is 0. The number of rotatable bonds is 13. The molecule has 0 amide bonds. The first-order valence-electron chi connectivity index (χ1n) is 17.5. The topological polar surface area (TPSA) is 51.2 Å². The van der Waals surface area contributed by atoms with Crippen LogP contribution in [-0.2, 0) is 27.5 Å². The van der Waals surface area contributed by atoms with Crippen LogP contribution in [0.5, 0.6) is 5.75 Å². The molecule has 46 heavy (non-hydrogen) atoms. The molecule has 1 saturated carbocycles. The van der Waals surface area contributed by atoms with Crippen molar-refractivity contribution in [2.45, 2.75) is 76.0 Å². The van der Waals surface area contributed by atoms with E-state index in [2.05, 4.69) is 70.5 Å². The number of likely N-dealkylation sites (tertiary alicyclic amines) is 2. The van der Waals surface area contributed by atoms with Crippen LogP contribution in [0.25, 0.3) is 0 Å². The third-order valence-electron chi connectivity index (χ3n) is 10.8. The van der Waals surface area contributed by atoms with Gasteiger partial charge in [-0.1, -0.05) is 92.1 Å². The van der Waals surface area contributed by atoms with Gasteiger partial charge in [0.1, 0.15) is 12.4 Å². The van der Waals surface area contributed by atoms with E-state index in [9.17, 15) is 4.79 Å². The summed E-state index contributed by atoms with van der Waals surface area (Å²) in [6, 6.07) is 29.4. The molecule has 2 atom stereocenters. The van der Waals surface area contributed by atoms with E-state index < -0.39 is 0 Å². The van der Waals surface area contributed by atoms with Crippen molar-refractivity contribution in [2.75, 3.05) is 46.4 Å².